The summed E-state index contributed by atoms with van der Waals surface area (Å²) < 4.78 is 5.85. The first-order valence-electron chi connectivity index (χ1n) is 4.21. The molecule has 0 unspecified atom stereocenters. The summed E-state index contributed by atoms with van der Waals surface area (Å²) in [6.45, 7) is 13.1. The molecule has 0 saturated heterocycles. The van der Waals surface area contributed by atoms with Crippen molar-refractivity contribution in [2.75, 3.05) is 0 Å². The van der Waals surface area contributed by atoms with Gasteiger partial charge in [-0.1, -0.05) is 20.8 Å². The highest BCUT2D eigenvalue weighted by Crippen LogP contribution is 2.24. The van der Waals surface area contributed by atoms with Crippen LogP contribution in [0.1, 0.15) is 20.8 Å². The van der Waals surface area contributed by atoms with Crippen LogP contribution in [0.15, 0.2) is 11.7 Å². The smallest absolute Gasteiger partial charge is 0.241 e. The molecule has 12 heavy (non-hydrogen) atoms. The minimum atomic E-state index is -1.35. The van der Waals surface area contributed by atoms with Crippen molar-refractivity contribution in [3.05, 3.63) is 11.7 Å². The molecule has 0 aromatic rings. The topological polar surface area (TPSA) is 9.23 Å². The van der Waals surface area contributed by atoms with Crippen LogP contribution in [0.4, 0.5) is 0 Å². The Morgan fingerprint density at radius 1 is 1.17 bits per heavy atom. The summed E-state index contributed by atoms with van der Waals surface area (Å²) in [5, 5.41) is 2.04. The van der Waals surface area contributed by atoms with Crippen LogP contribution in [0.5, 0.6) is 0 Å². The lowest BCUT2D eigenvalue weighted by atomic mass is 10.3. The molecule has 0 radical (unpaired) electrons. The van der Waals surface area contributed by atoms with Gasteiger partial charge in [0.2, 0.25) is 8.32 Å². The van der Waals surface area contributed by atoms with Crippen molar-refractivity contribution in [2.45, 2.75) is 45.2 Å². The molecule has 72 valence electrons. The molecule has 0 aromatic heterocycles. The first kappa shape index (κ1) is 12.1. The van der Waals surface area contributed by atoms with Gasteiger partial charge in [0.25, 0.3) is 0 Å². The molecule has 0 saturated carbocycles. The van der Waals surface area contributed by atoms with Gasteiger partial charge in [-0.2, -0.15) is 0 Å². The highest BCUT2D eigenvalue weighted by molar-refractivity contribution is 8.03. The van der Waals surface area contributed by atoms with Crippen molar-refractivity contribution in [3.63, 3.8) is 0 Å². The molecule has 0 bridgehead atoms. The van der Waals surface area contributed by atoms with Gasteiger partial charge >= 0.3 is 0 Å². The lowest BCUT2D eigenvalue weighted by Gasteiger charge is -2.17. The summed E-state index contributed by atoms with van der Waals surface area (Å²) in [5.74, 6) is 0. The summed E-state index contributed by atoms with van der Waals surface area (Å²) in [6, 6.07) is 0. The van der Waals surface area contributed by atoms with E-state index in [-0.39, 0.29) is 0 Å². The second-order valence-electron chi connectivity index (χ2n) is 4.73. The van der Waals surface area contributed by atoms with Gasteiger partial charge < -0.3 is 4.43 Å². The molecule has 0 aliphatic rings. The Labute approximate surface area is 81.7 Å². The van der Waals surface area contributed by atoms with Gasteiger partial charge in [-0.15, -0.1) is 11.8 Å². The molecule has 3 heteroatoms. The van der Waals surface area contributed by atoms with Gasteiger partial charge in [-0.05, 0) is 19.6 Å². The van der Waals surface area contributed by atoms with E-state index in [1.165, 1.54) is 0 Å². The normalized spacial score (nSPS) is 13.8. The van der Waals surface area contributed by atoms with Crippen LogP contribution in [0.2, 0.25) is 19.6 Å². The van der Waals surface area contributed by atoms with Gasteiger partial charge in [0.05, 0.1) is 6.26 Å². The first-order chi connectivity index (χ1) is 5.21. The van der Waals surface area contributed by atoms with Crippen molar-refractivity contribution in [1.82, 2.24) is 0 Å². The standard InChI is InChI=1S/C9H20OSSi/c1-9(2,3)11-8-7-10-12(4,5)6/h7-8H,1-6H3/b8-7+. The second-order valence-corrected chi connectivity index (χ2v) is 10.9. The highest BCUT2D eigenvalue weighted by Gasteiger charge is 2.13. The van der Waals surface area contributed by atoms with Crippen LogP contribution < -0.4 is 0 Å². The van der Waals surface area contributed by atoms with Crippen molar-refractivity contribution < 1.29 is 4.43 Å². The third-order valence-corrected chi connectivity index (χ3v) is 2.70. The van der Waals surface area contributed by atoms with E-state index in [4.69, 9.17) is 4.43 Å². The molecule has 0 aliphatic heterocycles. The Bertz CT molecular complexity index is 135. The summed E-state index contributed by atoms with van der Waals surface area (Å²) in [4.78, 5) is 0. The fraction of sp³-hybridized carbons (Fsp3) is 0.778. The molecule has 0 atom stereocenters. The Morgan fingerprint density at radius 2 is 1.67 bits per heavy atom. The van der Waals surface area contributed by atoms with Crippen molar-refractivity contribution in [2.24, 2.45) is 0 Å². The van der Waals surface area contributed by atoms with Crippen LogP contribution in [-0.2, 0) is 4.43 Å². The van der Waals surface area contributed by atoms with E-state index in [2.05, 4.69) is 40.4 Å². The zero-order valence-electron chi connectivity index (χ0n) is 8.97. The number of hydrogen-bond acceptors (Lipinski definition) is 2. The van der Waals surface area contributed by atoms with Gasteiger partial charge in [0, 0.05) is 10.2 Å². The van der Waals surface area contributed by atoms with Crippen LogP contribution in [0.3, 0.4) is 0 Å². The Hall–Kier alpha value is 0.107. The summed E-state index contributed by atoms with van der Waals surface area (Å²) >= 11 is 1.79. The van der Waals surface area contributed by atoms with Crippen LogP contribution in [0.25, 0.3) is 0 Å². The van der Waals surface area contributed by atoms with E-state index in [0.29, 0.717) is 4.75 Å². The highest BCUT2D eigenvalue weighted by atomic mass is 32.2. The predicted molar refractivity (Wildman–Crippen MR) is 60.9 cm³/mol. The fourth-order valence-corrected chi connectivity index (χ4v) is 1.56. The monoisotopic (exact) mass is 204 g/mol. The van der Waals surface area contributed by atoms with Gasteiger partial charge in [-0.25, -0.2) is 0 Å². The summed E-state index contributed by atoms with van der Waals surface area (Å²) in [5.41, 5.74) is 0. The maximum atomic E-state index is 5.56. The average molecular weight is 204 g/mol. The van der Waals surface area contributed by atoms with Crippen LogP contribution in [-0.4, -0.2) is 13.1 Å². The van der Waals surface area contributed by atoms with Crippen molar-refractivity contribution >= 4 is 20.1 Å². The largest absolute Gasteiger partial charge is 0.549 e. The number of rotatable bonds is 3. The molecule has 0 heterocycles. The van der Waals surface area contributed by atoms with Gasteiger partial charge in [-0.3, -0.25) is 0 Å². The number of thioether (sulfide) groups is 1. The molecule has 0 fully saturated rings. The van der Waals surface area contributed by atoms with Crippen molar-refractivity contribution in [1.29, 1.82) is 0 Å². The minimum absolute atomic E-state index is 0.291. The molecular formula is C9H20OSSi. The maximum Gasteiger partial charge on any atom is 0.241 e. The first-order valence-corrected chi connectivity index (χ1v) is 8.50. The molecule has 0 spiro atoms. The summed E-state index contributed by atoms with van der Waals surface area (Å²) in [6.07, 6.45) is 1.84. The lowest BCUT2D eigenvalue weighted by molar-refractivity contribution is 0.481. The Kier molecular flexibility index (Phi) is 4.41. The Balaban J connectivity index is 3.66. The second kappa shape index (κ2) is 4.37. The van der Waals surface area contributed by atoms with E-state index in [1.54, 1.807) is 11.8 Å². The fourth-order valence-electron chi connectivity index (χ4n) is 0.464. The molecule has 0 N–H and O–H groups in total. The maximum absolute atomic E-state index is 5.56. The van der Waals surface area contributed by atoms with Gasteiger partial charge in [0.15, 0.2) is 0 Å². The predicted octanol–water partition coefficient (Wildman–Crippen LogP) is 3.84. The van der Waals surface area contributed by atoms with E-state index < -0.39 is 8.32 Å². The van der Waals surface area contributed by atoms with E-state index in [1.807, 2.05) is 11.7 Å². The van der Waals surface area contributed by atoms with E-state index >= 15 is 0 Å². The average Bonchev–Trinajstić information content (AvgIpc) is 1.76. The molecule has 1 nitrogen and oxygen atoms in total. The zero-order valence-corrected chi connectivity index (χ0v) is 10.8. The van der Waals surface area contributed by atoms with E-state index in [9.17, 15) is 0 Å². The molecular weight excluding hydrogens is 184 g/mol. The van der Waals surface area contributed by atoms with Crippen molar-refractivity contribution in [3.8, 4) is 0 Å². The van der Waals surface area contributed by atoms with Crippen LogP contribution in [0, 0.1) is 0 Å². The van der Waals surface area contributed by atoms with Crippen LogP contribution >= 0.6 is 11.8 Å². The molecule has 0 aromatic carbocycles. The third kappa shape index (κ3) is 10.1. The third-order valence-electron chi connectivity index (χ3n) is 0.899. The molecule has 0 amide bonds. The quantitative estimate of drug-likeness (QED) is 0.510. The van der Waals surface area contributed by atoms with E-state index in [0.717, 1.165) is 0 Å². The SMILES string of the molecule is CC(C)(C)S/C=C/O[Si](C)(C)C. The Morgan fingerprint density at radius 3 is 2.00 bits per heavy atom. The minimum Gasteiger partial charge on any atom is -0.549 e. The zero-order chi connectivity index (χ0) is 9.83. The number of hydrogen-bond donors (Lipinski definition) is 0. The summed E-state index contributed by atoms with van der Waals surface area (Å²) in [7, 11) is -1.35. The molecule has 0 rings (SSSR count). The molecule has 0 aliphatic carbocycles. The van der Waals surface area contributed by atoms with Gasteiger partial charge in [0.1, 0.15) is 0 Å². The lowest BCUT2D eigenvalue weighted by Crippen LogP contribution is -2.21.